The van der Waals surface area contributed by atoms with Crippen molar-refractivity contribution in [2.45, 2.75) is 44.4 Å². The molecule has 158 valence electrons. The molecule has 1 amide bonds. The number of nitrogens with zero attached hydrogens (tertiary/aromatic N) is 1. The number of aryl methyl sites for hydroxylation is 1. The van der Waals surface area contributed by atoms with Crippen LogP contribution in [0.25, 0.3) is 0 Å². The van der Waals surface area contributed by atoms with E-state index in [0.29, 0.717) is 13.0 Å². The van der Waals surface area contributed by atoms with Crippen molar-refractivity contribution in [2.75, 3.05) is 31.6 Å². The summed E-state index contributed by atoms with van der Waals surface area (Å²) in [6.45, 7) is 5.25. The first-order valence-electron chi connectivity index (χ1n) is 10.9. The molecule has 0 aromatic heterocycles. The second-order valence-corrected chi connectivity index (χ2v) is 8.42. The number of Topliss-reactive ketones (excluding diaryl/α,β-unsaturated/α-hetero) is 1. The SMILES string of the molecule is CC(=O)C1(c2ccccc2)CCN(CCCOc2ccc3c(c2)CCC(=O)N3)CC1. The lowest BCUT2D eigenvalue weighted by Gasteiger charge is -2.40. The van der Waals surface area contributed by atoms with Crippen molar-refractivity contribution in [3.05, 3.63) is 59.7 Å². The Morgan fingerprint density at radius 3 is 2.60 bits per heavy atom. The van der Waals surface area contributed by atoms with E-state index in [4.69, 9.17) is 4.74 Å². The van der Waals surface area contributed by atoms with Crippen LogP contribution in [0.5, 0.6) is 5.75 Å². The standard InChI is InChI=1S/C25H30N2O3/c1-19(28)25(21-6-3-2-4-7-21)12-15-27(16-13-25)14-5-17-30-22-9-10-23-20(18-22)8-11-24(29)26-23/h2-4,6-7,9-10,18H,5,8,11-17H2,1H3,(H,26,29). The van der Waals surface area contributed by atoms with Crippen LogP contribution >= 0.6 is 0 Å². The largest absolute Gasteiger partial charge is 0.494 e. The van der Waals surface area contributed by atoms with Crippen molar-refractivity contribution >= 4 is 17.4 Å². The molecule has 1 N–H and O–H groups in total. The number of benzene rings is 2. The van der Waals surface area contributed by atoms with Crippen molar-refractivity contribution in [3.8, 4) is 5.75 Å². The first-order valence-corrected chi connectivity index (χ1v) is 10.9. The normalized spacial score (nSPS) is 18.4. The van der Waals surface area contributed by atoms with Crippen LogP contribution in [0.4, 0.5) is 5.69 Å². The van der Waals surface area contributed by atoms with Crippen molar-refractivity contribution in [1.82, 2.24) is 4.90 Å². The fraction of sp³-hybridized carbons (Fsp3) is 0.440. The molecule has 0 spiro atoms. The van der Waals surface area contributed by atoms with Gasteiger partial charge in [0.05, 0.1) is 12.0 Å². The molecule has 0 aliphatic carbocycles. The lowest BCUT2D eigenvalue weighted by Crippen LogP contribution is -2.46. The Morgan fingerprint density at radius 1 is 1.10 bits per heavy atom. The van der Waals surface area contributed by atoms with Gasteiger partial charge in [0.15, 0.2) is 0 Å². The highest BCUT2D eigenvalue weighted by molar-refractivity contribution is 5.94. The molecule has 2 aliphatic rings. The van der Waals surface area contributed by atoms with Crippen LogP contribution in [0.3, 0.4) is 0 Å². The molecule has 2 heterocycles. The average molecular weight is 407 g/mol. The van der Waals surface area contributed by atoms with Crippen molar-refractivity contribution in [1.29, 1.82) is 0 Å². The predicted octanol–water partition coefficient (Wildman–Crippen LogP) is 3.96. The molecule has 5 heteroatoms. The van der Waals surface area contributed by atoms with Gasteiger partial charge in [0, 0.05) is 18.7 Å². The summed E-state index contributed by atoms with van der Waals surface area (Å²) in [4.78, 5) is 26.4. The number of ether oxygens (including phenoxy) is 1. The number of rotatable bonds is 7. The number of piperidine rings is 1. The van der Waals surface area contributed by atoms with E-state index in [1.54, 1.807) is 6.92 Å². The molecule has 2 aliphatic heterocycles. The highest BCUT2D eigenvalue weighted by Crippen LogP contribution is 2.36. The maximum absolute atomic E-state index is 12.5. The summed E-state index contributed by atoms with van der Waals surface area (Å²) in [7, 11) is 0. The first-order chi connectivity index (χ1) is 14.6. The van der Waals surface area contributed by atoms with Gasteiger partial charge in [-0.3, -0.25) is 9.59 Å². The number of hydrogen-bond donors (Lipinski definition) is 1. The molecule has 30 heavy (non-hydrogen) atoms. The molecule has 0 unspecified atom stereocenters. The van der Waals surface area contributed by atoms with Crippen LogP contribution in [-0.2, 0) is 21.4 Å². The molecular weight excluding hydrogens is 376 g/mol. The van der Waals surface area contributed by atoms with E-state index in [-0.39, 0.29) is 17.1 Å². The maximum atomic E-state index is 12.5. The number of hydrogen-bond acceptors (Lipinski definition) is 4. The summed E-state index contributed by atoms with van der Waals surface area (Å²) in [6, 6.07) is 16.1. The van der Waals surface area contributed by atoms with Crippen molar-refractivity contribution in [3.63, 3.8) is 0 Å². The summed E-state index contributed by atoms with van der Waals surface area (Å²) < 4.78 is 5.94. The third-order valence-electron chi connectivity index (χ3n) is 6.57. The lowest BCUT2D eigenvalue weighted by atomic mass is 9.70. The van der Waals surface area contributed by atoms with E-state index in [2.05, 4.69) is 22.3 Å². The minimum atomic E-state index is -0.327. The number of likely N-dealkylation sites (tertiary alicyclic amines) is 1. The van der Waals surface area contributed by atoms with Crippen LogP contribution in [0.15, 0.2) is 48.5 Å². The summed E-state index contributed by atoms with van der Waals surface area (Å²) in [5.41, 5.74) is 2.88. The van der Waals surface area contributed by atoms with Gasteiger partial charge in [-0.25, -0.2) is 0 Å². The predicted molar refractivity (Wildman–Crippen MR) is 118 cm³/mol. The smallest absolute Gasteiger partial charge is 0.224 e. The van der Waals surface area contributed by atoms with Gasteiger partial charge in [0.1, 0.15) is 11.5 Å². The van der Waals surface area contributed by atoms with E-state index in [1.165, 1.54) is 0 Å². The molecule has 2 aromatic carbocycles. The molecule has 5 nitrogen and oxygen atoms in total. The zero-order valence-corrected chi connectivity index (χ0v) is 17.7. The van der Waals surface area contributed by atoms with Gasteiger partial charge in [-0.15, -0.1) is 0 Å². The Labute approximate surface area is 178 Å². The topological polar surface area (TPSA) is 58.6 Å². The van der Waals surface area contributed by atoms with E-state index in [9.17, 15) is 9.59 Å². The Balaban J connectivity index is 1.24. The second kappa shape index (κ2) is 9.00. The van der Waals surface area contributed by atoms with Gasteiger partial charge in [-0.05, 0) is 75.0 Å². The fourth-order valence-electron chi connectivity index (χ4n) is 4.69. The van der Waals surface area contributed by atoms with Crippen molar-refractivity contribution < 1.29 is 14.3 Å². The number of anilines is 1. The van der Waals surface area contributed by atoms with E-state index >= 15 is 0 Å². The quantitative estimate of drug-likeness (QED) is 0.707. The maximum Gasteiger partial charge on any atom is 0.224 e. The van der Waals surface area contributed by atoms with E-state index in [1.807, 2.05) is 36.4 Å². The highest BCUT2D eigenvalue weighted by atomic mass is 16.5. The Morgan fingerprint density at radius 2 is 1.87 bits per heavy atom. The first kappa shape index (κ1) is 20.6. The van der Waals surface area contributed by atoms with Crippen LogP contribution in [0, 0.1) is 0 Å². The molecular formula is C25H30N2O3. The molecule has 1 fully saturated rings. The van der Waals surface area contributed by atoms with Gasteiger partial charge < -0.3 is 15.0 Å². The summed E-state index contributed by atoms with van der Waals surface area (Å²) in [5, 5.41) is 2.90. The third kappa shape index (κ3) is 4.41. The Bertz CT molecular complexity index is 902. The van der Waals surface area contributed by atoms with Gasteiger partial charge in [-0.2, -0.15) is 0 Å². The third-order valence-corrected chi connectivity index (χ3v) is 6.57. The number of nitrogens with one attached hydrogen (secondary N) is 1. The number of fused-ring (bicyclic) bond motifs is 1. The van der Waals surface area contributed by atoms with Crippen LogP contribution < -0.4 is 10.1 Å². The van der Waals surface area contributed by atoms with E-state index in [0.717, 1.165) is 67.9 Å². The molecule has 0 saturated carbocycles. The van der Waals surface area contributed by atoms with E-state index < -0.39 is 0 Å². The van der Waals surface area contributed by atoms with Gasteiger partial charge in [0.25, 0.3) is 0 Å². The Hall–Kier alpha value is -2.66. The number of carbonyl (C=O) groups is 2. The average Bonchev–Trinajstić information content (AvgIpc) is 2.77. The number of carbonyl (C=O) groups excluding carboxylic acids is 2. The number of amides is 1. The molecule has 1 saturated heterocycles. The van der Waals surface area contributed by atoms with Crippen LogP contribution in [0.1, 0.15) is 43.7 Å². The minimum absolute atomic E-state index is 0.0822. The molecule has 0 atom stereocenters. The molecule has 4 rings (SSSR count). The van der Waals surface area contributed by atoms with Gasteiger partial charge in [-0.1, -0.05) is 30.3 Å². The monoisotopic (exact) mass is 406 g/mol. The zero-order valence-electron chi connectivity index (χ0n) is 17.7. The van der Waals surface area contributed by atoms with Crippen LogP contribution in [0.2, 0.25) is 0 Å². The summed E-state index contributed by atoms with van der Waals surface area (Å²) in [6.07, 6.45) is 4.02. The zero-order chi connectivity index (χ0) is 21.0. The molecule has 0 bridgehead atoms. The second-order valence-electron chi connectivity index (χ2n) is 8.42. The molecule has 0 radical (unpaired) electrons. The Kier molecular flexibility index (Phi) is 6.18. The minimum Gasteiger partial charge on any atom is -0.494 e. The van der Waals surface area contributed by atoms with Gasteiger partial charge >= 0.3 is 0 Å². The highest BCUT2D eigenvalue weighted by Gasteiger charge is 2.40. The van der Waals surface area contributed by atoms with Crippen LogP contribution in [-0.4, -0.2) is 42.8 Å². The van der Waals surface area contributed by atoms with Crippen molar-refractivity contribution in [2.24, 2.45) is 0 Å². The lowest BCUT2D eigenvalue weighted by molar-refractivity contribution is -0.124. The number of ketones is 1. The molecule has 2 aromatic rings. The summed E-state index contributed by atoms with van der Waals surface area (Å²) in [5.74, 6) is 1.22. The van der Waals surface area contributed by atoms with Gasteiger partial charge in [0.2, 0.25) is 5.91 Å². The summed E-state index contributed by atoms with van der Waals surface area (Å²) >= 11 is 0. The fourth-order valence-corrected chi connectivity index (χ4v) is 4.69.